The van der Waals surface area contributed by atoms with Gasteiger partial charge >= 0.3 is 0 Å². The van der Waals surface area contributed by atoms with E-state index in [-0.39, 0.29) is 18.4 Å². The van der Waals surface area contributed by atoms with Crippen molar-refractivity contribution in [2.75, 3.05) is 37.8 Å². The number of nitrogens with zero attached hydrogens (tertiary/aromatic N) is 1. The van der Waals surface area contributed by atoms with Crippen LogP contribution < -0.4 is 10.6 Å². The minimum atomic E-state index is -0.0328. The molecule has 2 heterocycles. The molecule has 2 N–H and O–H groups in total. The molecule has 0 spiro atoms. The maximum Gasteiger partial charge on any atom is 0.239 e. The third kappa shape index (κ3) is 4.17. The van der Waals surface area contributed by atoms with Crippen LogP contribution in [0.5, 0.6) is 0 Å². The molecule has 0 saturated carbocycles. The van der Waals surface area contributed by atoms with Crippen LogP contribution in [-0.2, 0) is 9.59 Å². The molecule has 1 atom stereocenters. The molecular formula is C12H21N3O2S. The van der Waals surface area contributed by atoms with Crippen LogP contribution in [0.3, 0.4) is 0 Å². The average Bonchev–Trinajstić information content (AvgIpc) is 2.76. The van der Waals surface area contributed by atoms with Crippen molar-refractivity contribution < 1.29 is 9.59 Å². The van der Waals surface area contributed by atoms with Gasteiger partial charge in [-0.1, -0.05) is 0 Å². The van der Waals surface area contributed by atoms with Crippen LogP contribution in [0.25, 0.3) is 0 Å². The lowest BCUT2D eigenvalue weighted by atomic mass is 9.96. The van der Waals surface area contributed by atoms with Crippen LogP contribution >= 0.6 is 11.8 Å². The summed E-state index contributed by atoms with van der Waals surface area (Å²) < 4.78 is 0. The van der Waals surface area contributed by atoms with Gasteiger partial charge in [0.05, 0.1) is 11.6 Å². The summed E-state index contributed by atoms with van der Waals surface area (Å²) in [5, 5.41) is 6.28. The Morgan fingerprint density at radius 2 is 2.44 bits per heavy atom. The van der Waals surface area contributed by atoms with E-state index < -0.39 is 0 Å². The van der Waals surface area contributed by atoms with Crippen LogP contribution in [0.1, 0.15) is 19.3 Å². The lowest BCUT2D eigenvalue weighted by molar-refractivity contribution is -0.132. The van der Waals surface area contributed by atoms with Crippen LogP contribution in [0.2, 0.25) is 0 Å². The van der Waals surface area contributed by atoms with Gasteiger partial charge in [0.1, 0.15) is 6.54 Å². The van der Waals surface area contributed by atoms with Crippen molar-refractivity contribution >= 4 is 23.6 Å². The first-order valence-corrected chi connectivity index (χ1v) is 7.74. The standard InChI is InChI=1S/C12H21N3O2S/c16-11(7-15-9-18-8-12(15)17)14-5-3-10-2-1-4-13-6-10/h10,13H,1-9H2,(H,14,16). The second kappa shape index (κ2) is 6.99. The average molecular weight is 271 g/mol. The van der Waals surface area contributed by atoms with Crippen molar-refractivity contribution in [3.05, 3.63) is 0 Å². The van der Waals surface area contributed by atoms with Crippen LogP contribution in [-0.4, -0.2) is 54.5 Å². The third-order valence-electron chi connectivity index (χ3n) is 3.43. The fourth-order valence-electron chi connectivity index (χ4n) is 2.36. The first-order chi connectivity index (χ1) is 8.75. The summed E-state index contributed by atoms with van der Waals surface area (Å²) in [5.41, 5.74) is 0. The predicted molar refractivity (Wildman–Crippen MR) is 72.3 cm³/mol. The number of piperidine rings is 1. The van der Waals surface area contributed by atoms with E-state index in [4.69, 9.17) is 0 Å². The number of carbonyl (C=O) groups excluding carboxylic acids is 2. The summed E-state index contributed by atoms with van der Waals surface area (Å²) in [7, 11) is 0. The maximum atomic E-state index is 11.7. The minimum Gasteiger partial charge on any atom is -0.355 e. The SMILES string of the molecule is O=C(CN1CSCC1=O)NCCC1CCCNC1. The summed E-state index contributed by atoms with van der Waals surface area (Å²) in [4.78, 5) is 24.6. The van der Waals surface area contributed by atoms with E-state index in [1.54, 1.807) is 16.7 Å². The number of nitrogens with one attached hydrogen (secondary N) is 2. The van der Waals surface area contributed by atoms with E-state index in [2.05, 4.69) is 10.6 Å². The molecule has 5 nitrogen and oxygen atoms in total. The second-order valence-corrected chi connectivity index (χ2v) is 5.88. The fraction of sp³-hybridized carbons (Fsp3) is 0.833. The third-order valence-corrected chi connectivity index (χ3v) is 4.38. The number of carbonyl (C=O) groups is 2. The van der Waals surface area contributed by atoms with Gasteiger partial charge in [0.2, 0.25) is 11.8 Å². The number of amides is 2. The monoisotopic (exact) mass is 271 g/mol. The van der Waals surface area contributed by atoms with E-state index in [0.29, 0.717) is 17.5 Å². The van der Waals surface area contributed by atoms with E-state index in [9.17, 15) is 9.59 Å². The van der Waals surface area contributed by atoms with Gasteiger partial charge in [-0.3, -0.25) is 9.59 Å². The minimum absolute atomic E-state index is 0.0328. The van der Waals surface area contributed by atoms with E-state index in [1.165, 1.54) is 12.8 Å². The summed E-state index contributed by atoms with van der Waals surface area (Å²) in [6.45, 7) is 3.13. The first-order valence-electron chi connectivity index (χ1n) is 6.58. The zero-order valence-corrected chi connectivity index (χ0v) is 11.4. The summed E-state index contributed by atoms with van der Waals surface area (Å²) in [6.07, 6.45) is 3.52. The highest BCUT2D eigenvalue weighted by Crippen LogP contribution is 2.14. The Morgan fingerprint density at radius 1 is 1.56 bits per heavy atom. The molecule has 2 aliphatic heterocycles. The van der Waals surface area contributed by atoms with Gasteiger partial charge in [0, 0.05) is 6.54 Å². The fourth-order valence-corrected chi connectivity index (χ4v) is 3.26. The van der Waals surface area contributed by atoms with Crippen molar-refractivity contribution in [1.82, 2.24) is 15.5 Å². The van der Waals surface area contributed by atoms with Crippen molar-refractivity contribution in [2.24, 2.45) is 5.92 Å². The molecule has 1 unspecified atom stereocenters. The molecule has 2 fully saturated rings. The number of rotatable bonds is 5. The zero-order valence-electron chi connectivity index (χ0n) is 10.6. The highest BCUT2D eigenvalue weighted by molar-refractivity contribution is 8.00. The predicted octanol–water partition coefficient (Wildman–Crippen LogP) is 0.0252. The molecule has 102 valence electrons. The number of hydrogen-bond donors (Lipinski definition) is 2. The molecule has 2 aliphatic rings. The molecule has 2 amide bonds. The Balaban J connectivity index is 1.58. The zero-order chi connectivity index (χ0) is 12.8. The first kappa shape index (κ1) is 13.7. The van der Waals surface area contributed by atoms with Crippen LogP contribution in [0.15, 0.2) is 0 Å². The topological polar surface area (TPSA) is 61.4 Å². The van der Waals surface area contributed by atoms with Gasteiger partial charge < -0.3 is 15.5 Å². The van der Waals surface area contributed by atoms with E-state index in [1.807, 2.05) is 0 Å². The quantitative estimate of drug-likeness (QED) is 0.740. The molecule has 0 aromatic heterocycles. The largest absolute Gasteiger partial charge is 0.355 e. The highest BCUT2D eigenvalue weighted by Gasteiger charge is 2.22. The van der Waals surface area contributed by atoms with Crippen molar-refractivity contribution in [2.45, 2.75) is 19.3 Å². The smallest absolute Gasteiger partial charge is 0.239 e. The van der Waals surface area contributed by atoms with Gasteiger partial charge in [-0.25, -0.2) is 0 Å². The van der Waals surface area contributed by atoms with Gasteiger partial charge in [-0.2, -0.15) is 0 Å². The van der Waals surface area contributed by atoms with Gasteiger partial charge in [-0.15, -0.1) is 11.8 Å². The highest BCUT2D eigenvalue weighted by atomic mass is 32.2. The van der Waals surface area contributed by atoms with Gasteiger partial charge in [-0.05, 0) is 38.3 Å². The summed E-state index contributed by atoms with van der Waals surface area (Å²) >= 11 is 1.57. The number of thioether (sulfide) groups is 1. The molecule has 2 rings (SSSR count). The normalized spacial score (nSPS) is 24.3. The molecule has 0 bridgehead atoms. The molecule has 0 aromatic carbocycles. The molecule has 0 radical (unpaired) electrons. The Kier molecular flexibility index (Phi) is 5.31. The van der Waals surface area contributed by atoms with Crippen molar-refractivity contribution in [1.29, 1.82) is 0 Å². The molecular weight excluding hydrogens is 250 g/mol. The van der Waals surface area contributed by atoms with Crippen LogP contribution in [0.4, 0.5) is 0 Å². The van der Waals surface area contributed by atoms with E-state index >= 15 is 0 Å². The lowest BCUT2D eigenvalue weighted by Crippen LogP contribution is -2.39. The van der Waals surface area contributed by atoms with E-state index in [0.717, 1.165) is 26.1 Å². The molecule has 0 aromatic rings. The van der Waals surface area contributed by atoms with Crippen molar-refractivity contribution in [3.63, 3.8) is 0 Å². The van der Waals surface area contributed by atoms with Crippen molar-refractivity contribution in [3.8, 4) is 0 Å². The molecule has 0 aliphatic carbocycles. The Labute approximate surface area is 112 Å². The Hall–Kier alpha value is -0.750. The molecule has 6 heteroatoms. The van der Waals surface area contributed by atoms with Gasteiger partial charge in [0.25, 0.3) is 0 Å². The Bertz CT molecular complexity index is 306. The summed E-state index contributed by atoms with van der Waals surface area (Å²) in [6, 6.07) is 0. The number of hydrogen-bond acceptors (Lipinski definition) is 4. The molecule has 2 saturated heterocycles. The maximum absolute atomic E-state index is 11.7. The Morgan fingerprint density at radius 3 is 3.11 bits per heavy atom. The lowest BCUT2D eigenvalue weighted by Gasteiger charge is -2.22. The van der Waals surface area contributed by atoms with Crippen LogP contribution in [0, 0.1) is 5.92 Å². The summed E-state index contributed by atoms with van der Waals surface area (Å²) in [5.74, 6) is 1.89. The van der Waals surface area contributed by atoms with Gasteiger partial charge in [0.15, 0.2) is 0 Å². The molecule has 18 heavy (non-hydrogen) atoms. The second-order valence-electron chi connectivity index (χ2n) is 4.92.